The topological polar surface area (TPSA) is 52.8 Å². The standard InChI is InChI=1S/C14H10N2O3S/c1-8-13(16-5-10(6-17)15-14(16)20-8)9-2-3-11-12(4-9)19-7-18-11/h2-6H,7H2,1H3. The van der Waals surface area contributed by atoms with E-state index < -0.39 is 0 Å². The van der Waals surface area contributed by atoms with Gasteiger partial charge in [-0.25, -0.2) is 4.98 Å². The highest BCUT2D eigenvalue weighted by Gasteiger charge is 2.18. The number of benzene rings is 1. The summed E-state index contributed by atoms with van der Waals surface area (Å²) in [6.07, 6.45) is 2.52. The number of carbonyl (C=O) groups is 1. The molecule has 0 saturated heterocycles. The van der Waals surface area contributed by atoms with E-state index in [9.17, 15) is 4.79 Å². The number of hydrogen-bond donors (Lipinski definition) is 0. The maximum Gasteiger partial charge on any atom is 0.231 e. The van der Waals surface area contributed by atoms with Crippen LogP contribution in [0.1, 0.15) is 15.4 Å². The summed E-state index contributed by atoms with van der Waals surface area (Å²) in [6.45, 7) is 2.30. The van der Waals surface area contributed by atoms with Crippen LogP contribution in [-0.4, -0.2) is 22.5 Å². The van der Waals surface area contributed by atoms with E-state index in [0.29, 0.717) is 5.69 Å². The Morgan fingerprint density at radius 3 is 3.05 bits per heavy atom. The zero-order chi connectivity index (χ0) is 13.7. The third kappa shape index (κ3) is 1.55. The number of imidazole rings is 1. The van der Waals surface area contributed by atoms with Crippen molar-refractivity contribution in [3.63, 3.8) is 0 Å². The van der Waals surface area contributed by atoms with Crippen molar-refractivity contribution in [2.24, 2.45) is 0 Å². The molecule has 3 aromatic rings. The number of fused-ring (bicyclic) bond motifs is 2. The van der Waals surface area contributed by atoms with Gasteiger partial charge in [0.25, 0.3) is 0 Å². The van der Waals surface area contributed by atoms with Crippen molar-refractivity contribution in [2.45, 2.75) is 6.92 Å². The summed E-state index contributed by atoms with van der Waals surface area (Å²) in [5.74, 6) is 1.51. The summed E-state index contributed by atoms with van der Waals surface area (Å²) in [5.41, 5.74) is 2.50. The number of ether oxygens (including phenoxy) is 2. The summed E-state index contributed by atoms with van der Waals surface area (Å²) >= 11 is 1.56. The molecule has 0 spiro atoms. The highest BCUT2D eigenvalue weighted by atomic mass is 32.1. The van der Waals surface area contributed by atoms with E-state index in [1.807, 2.05) is 29.5 Å². The molecule has 2 aromatic heterocycles. The highest BCUT2D eigenvalue weighted by Crippen LogP contribution is 2.38. The van der Waals surface area contributed by atoms with Gasteiger partial charge in [0.2, 0.25) is 6.79 Å². The first-order valence-corrected chi connectivity index (χ1v) is 6.91. The van der Waals surface area contributed by atoms with Gasteiger partial charge in [-0.05, 0) is 25.1 Å². The van der Waals surface area contributed by atoms with Crippen LogP contribution >= 0.6 is 11.3 Å². The van der Waals surface area contributed by atoms with E-state index in [1.165, 1.54) is 0 Å². The second kappa shape index (κ2) is 4.08. The third-order valence-corrected chi connectivity index (χ3v) is 4.25. The molecule has 0 saturated carbocycles. The molecule has 5 nitrogen and oxygen atoms in total. The molecule has 1 aliphatic heterocycles. The summed E-state index contributed by atoms with van der Waals surface area (Å²) < 4.78 is 12.7. The van der Waals surface area contributed by atoms with Crippen LogP contribution in [0.15, 0.2) is 24.4 Å². The zero-order valence-electron chi connectivity index (χ0n) is 10.6. The van der Waals surface area contributed by atoms with Gasteiger partial charge >= 0.3 is 0 Å². The third-order valence-electron chi connectivity index (χ3n) is 3.28. The van der Waals surface area contributed by atoms with Crippen molar-refractivity contribution in [1.82, 2.24) is 9.38 Å². The minimum atomic E-state index is 0.261. The summed E-state index contributed by atoms with van der Waals surface area (Å²) in [4.78, 5) is 17.1. The van der Waals surface area contributed by atoms with E-state index in [2.05, 4.69) is 4.98 Å². The molecule has 0 unspecified atom stereocenters. The van der Waals surface area contributed by atoms with Gasteiger partial charge < -0.3 is 9.47 Å². The molecule has 3 heterocycles. The lowest BCUT2D eigenvalue weighted by Gasteiger charge is -2.03. The molecule has 1 aromatic carbocycles. The lowest BCUT2D eigenvalue weighted by Crippen LogP contribution is -1.92. The molecule has 6 heteroatoms. The fourth-order valence-corrected chi connectivity index (χ4v) is 3.39. The summed E-state index contributed by atoms with van der Waals surface area (Å²) in [7, 11) is 0. The Morgan fingerprint density at radius 2 is 2.20 bits per heavy atom. The first-order chi connectivity index (χ1) is 9.76. The molecule has 0 radical (unpaired) electrons. The maximum absolute atomic E-state index is 10.9. The smallest absolute Gasteiger partial charge is 0.231 e. The van der Waals surface area contributed by atoms with Crippen molar-refractivity contribution >= 4 is 22.6 Å². The van der Waals surface area contributed by atoms with Gasteiger partial charge in [-0.1, -0.05) is 0 Å². The Hall–Kier alpha value is -2.34. The van der Waals surface area contributed by atoms with Crippen molar-refractivity contribution in [2.75, 3.05) is 6.79 Å². The predicted octanol–water partition coefficient (Wildman–Crippen LogP) is 2.91. The van der Waals surface area contributed by atoms with Crippen molar-refractivity contribution in [3.8, 4) is 22.8 Å². The molecule has 0 amide bonds. The first kappa shape index (κ1) is 11.5. The summed E-state index contributed by atoms with van der Waals surface area (Å²) in [5, 5.41) is 0. The van der Waals surface area contributed by atoms with Crippen LogP contribution in [0.25, 0.3) is 16.2 Å². The highest BCUT2D eigenvalue weighted by molar-refractivity contribution is 7.17. The number of aromatic nitrogens is 2. The van der Waals surface area contributed by atoms with Crippen LogP contribution in [0.4, 0.5) is 0 Å². The van der Waals surface area contributed by atoms with Gasteiger partial charge in [0.05, 0.1) is 5.69 Å². The zero-order valence-corrected chi connectivity index (χ0v) is 11.4. The molecule has 1 aliphatic rings. The fourth-order valence-electron chi connectivity index (χ4n) is 2.41. The molecule has 0 fully saturated rings. The molecule has 20 heavy (non-hydrogen) atoms. The lowest BCUT2D eigenvalue weighted by atomic mass is 10.1. The average Bonchev–Trinajstić information content (AvgIpc) is 3.10. The summed E-state index contributed by atoms with van der Waals surface area (Å²) in [6, 6.07) is 5.85. The number of carbonyl (C=O) groups excluding carboxylic acids is 1. The number of nitrogens with zero attached hydrogens (tertiary/aromatic N) is 2. The Morgan fingerprint density at radius 1 is 1.35 bits per heavy atom. The van der Waals surface area contributed by atoms with E-state index >= 15 is 0 Å². The van der Waals surface area contributed by atoms with E-state index in [-0.39, 0.29) is 6.79 Å². The molecule has 0 N–H and O–H groups in total. The molecule has 4 rings (SSSR count). The second-order valence-electron chi connectivity index (χ2n) is 4.51. The quantitative estimate of drug-likeness (QED) is 0.680. The minimum Gasteiger partial charge on any atom is -0.454 e. The molecule has 100 valence electrons. The number of aryl methyl sites for hydroxylation is 1. The molecule has 0 atom stereocenters. The first-order valence-electron chi connectivity index (χ1n) is 6.10. The van der Waals surface area contributed by atoms with E-state index in [1.54, 1.807) is 17.5 Å². The average molecular weight is 286 g/mol. The minimum absolute atomic E-state index is 0.261. The number of hydrogen-bond acceptors (Lipinski definition) is 5. The van der Waals surface area contributed by atoms with Crippen molar-refractivity contribution in [3.05, 3.63) is 35.0 Å². The van der Waals surface area contributed by atoms with Crippen LogP contribution in [0.5, 0.6) is 11.5 Å². The van der Waals surface area contributed by atoms with E-state index in [4.69, 9.17) is 9.47 Å². The van der Waals surface area contributed by atoms with Gasteiger partial charge in [-0.2, -0.15) is 0 Å². The van der Waals surface area contributed by atoms with Crippen LogP contribution in [0.3, 0.4) is 0 Å². The maximum atomic E-state index is 10.9. The number of thiazole rings is 1. The fraction of sp³-hybridized carbons (Fsp3) is 0.143. The van der Waals surface area contributed by atoms with Crippen LogP contribution in [0.2, 0.25) is 0 Å². The van der Waals surface area contributed by atoms with Gasteiger partial charge in [0.1, 0.15) is 5.69 Å². The van der Waals surface area contributed by atoms with Gasteiger partial charge in [-0.3, -0.25) is 9.20 Å². The van der Waals surface area contributed by atoms with Gasteiger partial charge in [0, 0.05) is 16.6 Å². The van der Waals surface area contributed by atoms with Crippen molar-refractivity contribution < 1.29 is 14.3 Å². The molecular formula is C14H10N2O3S. The SMILES string of the molecule is Cc1sc2nc(C=O)cn2c1-c1ccc2c(c1)OCO2. The van der Waals surface area contributed by atoms with Crippen LogP contribution in [0, 0.1) is 6.92 Å². The van der Waals surface area contributed by atoms with Crippen LogP contribution in [-0.2, 0) is 0 Å². The van der Waals surface area contributed by atoms with Gasteiger partial charge in [-0.15, -0.1) is 11.3 Å². The normalized spacial score (nSPS) is 13.1. The van der Waals surface area contributed by atoms with Gasteiger partial charge in [0.15, 0.2) is 22.7 Å². The molecule has 0 aliphatic carbocycles. The lowest BCUT2D eigenvalue weighted by molar-refractivity contribution is 0.111. The van der Waals surface area contributed by atoms with E-state index in [0.717, 1.165) is 38.9 Å². The Bertz CT molecular complexity index is 834. The number of rotatable bonds is 2. The van der Waals surface area contributed by atoms with Crippen molar-refractivity contribution in [1.29, 1.82) is 0 Å². The largest absolute Gasteiger partial charge is 0.454 e. The molecule has 0 bridgehead atoms. The Balaban J connectivity index is 1.94. The molecular weight excluding hydrogens is 276 g/mol. The number of aldehydes is 1. The Labute approximate surface area is 118 Å². The van der Waals surface area contributed by atoms with Crippen LogP contribution < -0.4 is 9.47 Å². The second-order valence-corrected chi connectivity index (χ2v) is 5.69. The monoisotopic (exact) mass is 286 g/mol. The Kier molecular flexibility index (Phi) is 2.34. The predicted molar refractivity (Wildman–Crippen MR) is 74.8 cm³/mol.